The minimum Gasteiger partial charge on any atom is -0.471 e. The van der Waals surface area contributed by atoms with Gasteiger partial charge >= 0.3 is 0 Å². The molecule has 5 nitrogen and oxygen atoms in total. The summed E-state index contributed by atoms with van der Waals surface area (Å²) in [5.74, 6) is 0.594. The van der Waals surface area contributed by atoms with Crippen molar-refractivity contribution in [3.05, 3.63) is 76.3 Å². The van der Waals surface area contributed by atoms with Crippen molar-refractivity contribution in [2.75, 3.05) is 5.73 Å². The molecule has 1 heterocycles. The van der Waals surface area contributed by atoms with Gasteiger partial charge in [0.05, 0.1) is 6.54 Å². The van der Waals surface area contributed by atoms with Gasteiger partial charge in [-0.15, -0.1) is 5.10 Å². The Balaban J connectivity index is 1.80. The van der Waals surface area contributed by atoms with Gasteiger partial charge in [-0.3, -0.25) is 0 Å². The first kappa shape index (κ1) is 16.6. The Morgan fingerprint density at radius 1 is 1.08 bits per heavy atom. The molecule has 0 aliphatic heterocycles. The highest BCUT2D eigenvalue weighted by molar-refractivity contribution is 5.55. The predicted octanol–water partition coefficient (Wildman–Crippen LogP) is 3.58. The van der Waals surface area contributed by atoms with Crippen LogP contribution in [0.2, 0.25) is 0 Å². The number of hydrogen-bond donors (Lipinski definition) is 1. The first-order valence-corrected chi connectivity index (χ1v) is 8.07. The number of anilines is 1. The van der Waals surface area contributed by atoms with Crippen molar-refractivity contribution in [1.82, 2.24) is 9.78 Å². The predicted molar refractivity (Wildman–Crippen MR) is 97.1 cm³/mol. The van der Waals surface area contributed by atoms with Gasteiger partial charge in [-0.25, -0.2) is 4.68 Å². The summed E-state index contributed by atoms with van der Waals surface area (Å²) in [6.07, 6.45) is 0. The smallest absolute Gasteiger partial charge is 0.253 e. The monoisotopic (exact) mass is 332 g/mol. The lowest BCUT2D eigenvalue weighted by molar-refractivity contribution is 0.289. The van der Waals surface area contributed by atoms with Crippen LogP contribution in [0, 0.1) is 25.2 Å². The lowest BCUT2D eigenvalue weighted by Crippen LogP contribution is -2.06. The van der Waals surface area contributed by atoms with E-state index in [1.807, 2.05) is 56.3 Å². The fraction of sp³-hybridized carbons (Fsp3) is 0.200. The highest BCUT2D eigenvalue weighted by Crippen LogP contribution is 2.24. The Kier molecular flexibility index (Phi) is 4.71. The molecule has 1 aromatic heterocycles. The molecule has 0 saturated carbocycles. The highest BCUT2D eigenvalue weighted by Gasteiger charge is 2.17. The third kappa shape index (κ3) is 3.81. The summed E-state index contributed by atoms with van der Waals surface area (Å²) in [6, 6.07) is 18.2. The normalized spacial score (nSPS) is 10.4. The molecule has 0 fully saturated rings. The van der Waals surface area contributed by atoms with E-state index in [9.17, 15) is 5.26 Å². The van der Waals surface area contributed by atoms with Crippen molar-refractivity contribution >= 4 is 5.82 Å². The number of aryl methyl sites for hydroxylation is 2. The number of rotatable bonds is 5. The average Bonchev–Trinajstić information content (AvgIpc) is 2.89. The van der Waals surface area contributed by atoms with Gasteiger partial charge in [0, 0.05) is 0 Å². The summed E-state index contributed by atoms with van der Waals surface area (Å²) in [5, 5.41) is 13.8. The second-order valence-corrected chi connectivity index (χ2v) is 6.10. The zero-order valence-corrected chi connectivity index (χ0v) is 14.4. The number of nitrogen functional groups attached to an aromatic ring is 1. The minimum absolute atomic E-state index is 0.272. The maximum Gasteiger partial charge on any atom is 0.253 e. The van der Waals surface area contributed by atoms with E-state index in [1.165, 1.54) is 11.1 Å². The molecule has 126 valence electrons. The molecule has 0 bridgehead atoms. The number of hydrogen-bond acceptors (Lipinski definition) is 4. The number of ether oxygens (including phenoxy) is 1. The van der Waals surface area contributed by atoms with Crippen LogP contribution in [-0.2, 0) is 13.2 Å². The van der Waals surface area contributed by atoms with Crippen molar-refractivity contribution in [2.45, 2.75) is 27.0 Å². The molecule has 0 amide bonds. The van der Waals surface area contributed by atoms with Gasteiger partial charge in [-0.1, -0.05) is 59.7 Å². The number of nitrogens with two attached hydrogens (primary N) is 1. The summed E-state index contributed by atoms with van der Waals surface area (Å²) in [6.45, 7) is 4.91. The maximum absolute atomic E-state index is 9.39. The molecule has 2 N–H and O–H groups in total. The average molecular weight is 332 g/mol. The largest absolute Gasteiger partial charge is 0.471 e. The molecule has 0 unspecified atom stereocenters. The van der Waals surface area contributed by atoms with Gasteiger partial charge in [0.2, 0.25) is 0 Å². The molecule has 3 rings (SSSR count). The topological polar surface area (TPSA) is 76.9 Å². The summed E-state index contributed by atoms with van der Waals surface area (Å²) in [5.41, 5.74) is 10.8. The summed E-state index contributed by atoms with van der Waals surface area (Å²) < 4.78 is 7.35. The zero-order chi connectivity index (χ0) is 17.8. The molecule has 2 aromatic carbocycles. The van der Waals surface area contributed by atoms with Crippen LogP contribution in [0.1, 0.15) is 27.8 Å². The number of aromatic nitrogens is 2. The van der Waals surface area contributed by atoms with Crippen LogP contribution >= 0.6 is 0 Å². The molecule has 3 aromatic rings. The third-order valence-corrected chi connectivity index (χ3v) is 3.98. The number of benzene rings is 2. The van der Waals surface area contributed by atoms with Crippen molar-refractivity contribution in [3.8, 4) is 11.9 Å². The van der Waals surface area contributed by atoms with Gasteiger partial charge < -0.3 is 10.5 Å². The quantitative estimate of drug-likeness (QED) is 0.774. The summed E-state index contributed by atoms with van der Waals surface area (Å²) in [7, 11) is 0. The van der Waals surface area contributed by atoms with Crippen LogP contribution in [0.25, 0.3) is 0 Å². The van der Waals surface area contributed by atoms with Crippen LogP contribution in [0.5, 0.6) is 5.88 Å². The fourth-order valence-corrected chi connectivity index (χ4v) is 2.60. The first-order valence-electron chi connectivity index (χ1n) is 8.07. The lowest BCUT2D eigenvalue weighted by Gasteiger charge is -2.05. The van der Waals surface area contributed by atoms with Crippen LogP contribution in [0.3, 0.4) is 0 Å². The molecule has 25 heavy (non-hydrogen) atoms. The molecular weight excluding hydrogens is 312 g/mol. The van der Waals surface area contributed by atoms with E-state index in [0.29, 0.717) is 19.0 Å². The molecule has 0 radical (unpaired) electrons. The van der Waals surface area contributed by atoms with Crippen molar-refractivity contribution < 1.29 is 4.74 Å². The summed E-state index contributed by atoms with van der Waals surface area (Å²) in [4.78, 5) is 0. The second kappa shape index (κ2) is 7.10. The molecule has 5 heteroatoms. The Morgan fingerprint density at radius 2 is 1.84 bits per heavy atom. The first-order chi connectivity index (χ1) is 12.1. The number of nitriles is 1. The summed E-state index contributed by atoms with van der Waals surface area (Å²) >= 11 is 0. The Morgan fingerprint density at radius 3 is 2.52 bits per heavy atom. The van der Waals surface area contributed by atoms with Crippen LogP contribution in [0.4, 0.5) is 5.82 Å². The van der Waals surface area contributed by atoms with E-state index in [1.54, 1.807) is 4.68 Å². The minimum atomic E-state index is 0.272. The lowest BCUT2D eigenvalue weighted by atomic mass is 10.1. The van der Waals surface area contributed by atoms with Gasteiger partial charge in [0.25, 0.3) is 5.88 Å². The SMILES string of the molecule is Cc1ccc(COc2nn(Cc3cccc(C)c3)c(N)c2C#N)cc1. The molecule has 0 atom stereocenters. The van der Waals surface area contributed by atoms with Crippen molar-refractivity contribution in [3.63, 3.8) is 0 Å². The van der Waals surface area contributed by atoms with Gasteiger partial charge in [0.1, 0.15) is 18.5 Å². The van der Waals surface area contributed by atoms with Crippen molar-refractivity contribution in [2.24, 2.45) is 0 Å². The Labute approximate surface area is 147 Å². The molecule has 0 spiro atoms. The second-order valence-electron chi connectivity index (χ2n) is 6.10. The van der Waals surface area contributed by atoms with E-state index >= 15 is 0 Å². The standard InChI is InChI=1S/C20H20N4O/c1-14-6-8-16(9-7-14)13-25-20-18(11-21)19(22)24(23-20)12-17-5-3-4-15(2)10-17/h3-10H,12-13,22H2,1-2H3. The fourth-order valence-electron chi connectivity index (χ4n) is 2.60. The zero-order valence-electron chi connectivity index (χ0n) is 14.4. The van der Waals surface area contributed by atoms with Gasteiger partial charge in [-0.05, 0) is 25.0 Å². The third-order valence-electron chi connectivity index (χ3n) is 3.98. The van der Waals surface area contributed by atoms with E-state index in [2.05, 4.69) is 17.2 Å². The Bertz CT molecular complexity index is 920. The maximum atomic E-state index is 9.39. The van der Waals surface area contributed by atoms with Gasteiger partial charge in [0.15, 0.2) is 5.56 Å². The van der Waals surface area contributed by atoms with Crippen LogP contribution < -0.4 is 10.5 Å². The van der Waals surface area contributed by atoms with E-state index in [4.69, 9.17) is 10.5 Å². The molecular formula is C20H20N4O. The highest BCUT2D eigenvalue weighted by atomic mass is 16.5. The molecule has 0 aliphatic rings. The number of nitrogens with zero attached hydrogens (tertiary/aromatic N) is 3. The van der Waals surface area contributed by atoms with E-state index in [0.717, 1.165) is 11.1 Å². The van der Waals surface area contributed by atoms with Gasteiger partial charge in [-0.2, -0.15) is 5.26 Å². The molecule has 0 aliphatic carbocycles. The van der Waals surface area contributed by atoms with E-state index < -0.39 is 0 Å². The molecule has 0 saturated heterocycles. The van der Waals surface area contributed by atoms with Crippen molar-refractivity contribution in [1.29, 1.82) is 5.26 Å². The van der Waals surface area contributed by atoms with Crippen LogP contribution in [-0.4, -0.2) is 9.78 Å². The van der Waals surface area contributed by atoms with Crippen LogP contribution in [0.15, 0.2) is 48.5 Å². The Hall–Kier alpha value is -3.26. The van der Waals surface area contributed by atoms with E-state index in [-0.39, 0.29) is 11.4 Å².